The molecule has 0 atom stereocenters. The Labute approximate surface area is 184 Å². The van der Waals surface area contributed by atoms with Gasteiger partial charge in [0.15, 0.2) is 0 Å². The molecule has 0 rings (SSSR count). The van der Waals surface area contributed by atoms with Crippen molar-refractivity contribution in [2.75, 3.05) is 0 Å². The normalized spacial score (nSPS) is 9.85. The number of carboxylic acids is 2. The first-order valence-corrected chi connectivity index (χ1v) is 10.9. The molecule has 0 aliphatic carbocycles. The molecule has 4 nitrogen and oxygen atoms in total. The van der Waals surface area contributed by atoms with Crippen LogP contribution in [0.25, 0.3) is 0 Å². The maximum Gasteiger partial charge on any atom is 2.00 e. The van der Waals surface area contributed by atoms with E-state index in [2.05, 4.69) is 13.8 Å². The smallest absolute Gasteiger partial charge is 0.550 e. The molecule has 0 bridgehead atoms. The van der Waals surface area contributed by atoms with Crippen molar-refractivity contribution in [2.45, 2.75) is 129 Å². The number of unbranched alkanes of at least 4 members (excludes halogenated alkanes) is 14. The van der Waals surface area contributed by atoms with Gasteiger partial charge < -0.3 is 19.8 Å². The Kier molecular flexibility index (Phi) is 32.5. The Bertz CT molecular complexity index is 279. The van der Waals surface area contributed by atoms with Gasteiger partial charge in [0.25, 0.3) is 0 Å². The summed E-state index contributed by atoms with van der Waals surface area (Å²) in [5.41, 5.74) is 0. The molecule has 4 radical (unpaired) electrons. The van der Waals surface area contributed by atoms with Gasteiger partial charge in [0.2, 0.25) is 0 Å². The van der Waals surface area contributed by atoms with E-state index < -0.39 is 11.9 Å². The summed E-state index contributed by atoms with van der Waals surface area (Å²) in [6.07, 6.45) is 19.5. The molecule has 0 unspecified atom stereocenters. The number of carbonyl (C=O) groups is 2. The Morgan fingerprint density at radius 3 is 0.926 bits per heavy atom. The van der Waals surface area contributed by atoms with E-state index >= 15 is 0 Å². The summed E-state index contributed by atoms with van der Waals surface area (Å²) in [7, 11) is 0. The number of hydrogen-bond acceptors (Lipinski definition) is 4. The van der Waals surface area contributed by atoms with Crippen molar-refractivity contribution in [1.82, 2.24) is 0 Å². The minimum absolute atomic E-state index is 0. The number of rotatable bonds is 18. The summed E-state index contributed by atoms with van der Waals surface area (Å²) in [6.45, 7) is 4.42. The van der Waals surface area contributed by atoms with Crippen molar-refractivity contribution in [3.8, 4) is 0 Å². The maximum atomic E-state index is 10.1. The van der Waals surface area contributed by atoms with E-state index in [0.717, 1.165) is 25.7 Å². The molecule has 0 amide bonds. The van der Waals surface area contributed by atoms with E-state index in [4.69, 9.17) is 0 Å². The van der Waals surface area contributed by atoms with Crippen molar-refractivity contribution in [1.29, 1.82) is 0 Å². The van der Waals surface area contributed by atoms with Gasteiger partial charge in [-0.3, -0.25) is 0 Å². The van der Waals surface area contributed by atoms with Crippen LogP contribution in [0, 0.1) is 0 Å². The summed E-state index contributed by atoms with van der Waals surface area (Å²) < 4.78 is 0. The third-order valence-corrected chi connectivity index (χ3v) is 4.47. The summed E-state index contributed by atoms with van der Waals surface area (Å²) in [6, 6.07) is 0. The molecule has 0 saturated carbocycles. The number of aliphatic carboxylic acids is 2. The van der Waals surface area contributed by atoms with Gasteiger partial charge in [0, 0.05) is 11.9 Å². The monoisotopic (exact) mass is 500 g/mol. The van der Waals surface area contributed by atoms with E-state index in [1.165, 1.54) is 77.0 Å². The number of hydrogen-bond donors (Lipinski definition) is 0. The van der Waals surface area contributed by atoms with Crippen LogP contribution in [-0.2, 0) is 9.59 Å². The zero-order chi connectivity index (χ0) is 19.9. The molecule has 0 aromatic rings. The third-order valence-electron chi connectivity index (χ3n) is 4.47. The Hall–Kier alpha value is -0.270. The first-order chi connectivity index (χ1) is 12.5. The van der Waals surface area contributed by atoms with Crippen molar-refractivity contribution < 1.29 is 19.8 Å². The fourth-order valence-corrected chi connectivity index (χ4v) is 2.81. The Morgan fingerprint density at radius 2 is 0.704 bits per heavy atom. The van der Waals surface area contributed by atoms with Gasteiger partial charge >= 0.3 is 23.7 Å². The molecule has 160 valence electrons. The molecule has 5 heteroatoms. The molecule has 0 aliphatic rings. The van der Waals surface area contributed by atoms with E-state index in [9.17, 15) is 19.8 Å². The molecule has 0 spiro atoms. The average molecular weight is 498 g/mol. The molecule has 0 aliphatic heterocycles. The number of carbonyl (C=O) groups excluding carboxylic acids is 2. The van der Waals surface area contributed by atoms with Gasteiger partial charge in [-0.2, -0.15) is 0 Å². The van der Waals surface area contributed by atoms with Crippen molar-refractivity contribution in [3.05, 3.63) is 0 Å². The molecule has 0 aromatic heterocycles. The van der Waals surface area contributed by atoms with Crippen LogP contribution in [0.4, 0.5) is 0 Å². The second-order valence-corrected chi connectivity index (χ2v) is 7.19. The Morgan fingerprint density at radius 1 is 0.481 bits per heavy atom. The van der Waals surface area contributed by atoms with Crippen LogP contribution in [0.15, 0.2) is 0 Å². The molecular weight excluding hydrogens is 456 g/mol. The van der Waals surface area contributed by atoms with E-state index in [-0.39, 0.29) is 36.5 Å². The van der Waals surface area contributed by atoms with Gasteiger partial charge in [-0.25, -0.2) is 0 Å². The second kappa shape index (κ2) is 27.9. The second-order valence-electron chi connectivity index (χ2n) is 7.19. The van der Waals surface area contributed by atoms with Crippen molar-refractivity contribution >= 4 is 35.6 Å². The first-order valence-electron chi connectivity index (χ1n) is 10.9. The van der Waals surface area contributed by atoms with Crippen LogP contribution in [0.1, 0.15) is 129 Å². The van der Waals surface area contributed by atoms with Crippen LogP contribution in [0.5, 0.6) is 0 Å². The van der Waals surface area contributed by atoms with Gasteiger partial charge in [-0.15, -0.1) is 0 Å². The van der Waals surface area contributed by atoms with Crippen molar-refractivity contribution in [3.63, 3.8) is 0 Å². The third kappa shape index (κ3) is 37.2. The van der Waals surface area contributed by atoms with Crippen LogP contribution in [-0.4, -0.2) is 35.6 Å². The molecule has 0 fully saturated rings. The average Bonchev–Trinajstić information content (AvgIpc) is 2.60. The summed E-state index contributed by atoms with van der Waals surface area (Å²) in [5, 5.41) is 20.1. The maximum absolute atomic E-state index is 10.1. The Balaban J connectivity index is -0.000000411. The van der Waals surface area contributed by atoms with E-state index in [1.807, 2.05) is 0 Å². The summed E-state index contributed by atoms with van der Waals surface area (Å²) >= 11 is 0. The molecule has 0 heterocycles. The largest absolute Gasteiger partial charge is 2.00 e. The van der Waals surface area contributed by atoms with E-state index in [0.29, 0.717) is 0 Å². The molecule has 0 saturated heterocycles. The van der Waals surface area contributed by atoms with Crippen LogP contribution < -0.4 is 10.2 Å². The minimum atomic E-state index is -0.911. The van der Waals surface area contributed by atoms with Crippen LogP contribution in [0.2, 0.25) is 0 Å². The fraction of sp³-hybridized carbons (Fsp3) is 0.909. The van der Waals surface area contributed by atoms with Crippen LogP contribution in [0.3, 0.4) is 0 Å². The van der Waals surface area contributed by atoms with Crippen molar-refractivity contribution in [2.24, 2.45) is 0 Å². The molecule has 0 aromatic carbocycles. The van der Waals surface area contributed by atoms with E-state index in [1.54, 1.807) is 0 Å². The SMILES string of the molecule is CCCCCCCCCCC(=O)[O-].CCCCCCCCCCC(=O)[O-].[Te+2]. The first kappa shape index (κ1) is 31.4. The summed E-state index contributed by atoms with van der Waals surface area (Å²) in [4.78, 5) is 20.1. The van der Waals surface area contributed by atoms with Gasteiger partial charge in [0.1, 0.15) is 0 Å². The molecule has 27 heavy (non-hydrogen) atoms. The minimum Gasteiger partial charge on any atom is -0.550 e. The quantitative estimate of drug-likeness (QED) is 0.210. The van der Waals surface area contributed by atoms with Gasteiger partial charge in [-0.1, -0.05) is 104 Å². The topological polar surface area (TPSA) is 80.3 Å². The van der Waals surface area contributed by atoms with Gasteiger partial charge in [0.05, 0.1) is 0 Å². The van der Waals surface area contributed by atoms with Crippen LogP contribution >= 0.6 is 0 Å². The number of carboxylic acid groups (broad SMARTS) is 2. The standard InChI is InChI=1S/2C11H22O2.Te/c2*1-2-3-4-5-6-7-8-9-10-11(12)13;/h2*2-10H2,1H3,(H,12,13);/q;;+2/p-2. The van der Waals surface area contributed by atoms with Gasteiger partial charge in [-0.05, 0) is 25.7 Å². The molecular formula is C22H42O4Te. The summed E-state index contributed by atoms with van der Waals surface area (Å²) in [5.74, 6) is -1.82. The fourth-order valence-electron chi connectivity index (χ4n) is 2.81. The zero-order valence-corrected chi connectivity index (χ0v) is 20.1. The molecule has 0 N–H and O–H groups in total. The zero-order valence-electron chi connectivity index (χ0n) is 17.8. The predicted octanol–water partition coefficient (Wildman–Crippen LogP) is 4.15. The predicted molar refractivity (Wildman–Crippen MR) is 110 cm³/mol.